The van der Waals surface area contributed by atoms with Crippen LogP contribution in [-0.4, -0.2) is 87.3 Å². The maximum Gasteiger partial charge on any atom is 0.319 e. The van der Waals surface area contributed by atoms with Gasteiger partial charge in [-0.3, -0.25) is 9.88 Å². The lowest BCUT2D eigenvalue weighted by Gasteiger charge is -2.33. The van der Waals surface area contributed by atoms with E-state index in [1.807, 2.05) is 48.9 Å². The van der Waals surface area contributed by atoms with E-state index in [0.29, 0.717) is 11.5 Å². The molecule has 2 bridgehead atoms. The number of pyridine rings is 1. The summed E-state index contributed by atoms with van der Waals surface area (Å²) in [4.78, 5) is 31.2. The zero-order chi connectivity index (χ0) is 29.2. The number of nitrogens with one attached hydrogen (secondary N) is 2. The number of urea groups is 1. The molecule has 2 amide bonds. The monoisotopic (exact) mass is 585 g/mol. The minimum atomic E-state index is -0.611. The number of ether oxygens (including phenoxy) is 1. The van der Waals surface area contributed by atoms with Gasteiger partial charge in [-0.15, -0.1) is 0 Å². The largest absolute Gasteiger partial charge is 0.371 e. The van der Waals surface area contributed by atoms with E-state index in [1.54, 1.807) is 0 Å². The van der Waals surface area contributed by atoms with Gasteiger partial charge in [0.05, 0.1) is 29.8 Å². The highest BCUT2D eigenvalue weighted by atomic mass is 19.1. The molecular weight excluding hydrogens is 549 g/mol. The molecule has 6 heterocycles. The molecule has 12 heteroatoms. The lowest BCUT2D eigenvalue weighted by atomic mass is 10.0. The second-order valence-corrected chi connectivity index (χ2v) is 11.6. The van der Waals surface area contributed by atoms with Crippen molar-refractivity contribution >= 4 is 28.6 Å². The van der Waals surface area contributed by atoms with E-state index in [4.69, 9.17) is 19.8 Å². The fraction of sp³-hybridized carbons (Fsp3) is 0.452. The summed E-state index contributed by atoms with van der Waals surface area (Å²) in [7, 11) is 0. The van der Waals surface area contributed by atoms with Gasteiger partial charge in [-0.05, 0) is 61.6 Å². The maximum absolute atomic E-state index is 12.4. The molecule has 1 aromatic carbocycles. The normalized spacial score (nSPS) is 20.9. The molecule has 4 aromatic rings. The minimum Gasteiger partial charge on any atom is -0.371 e. The van der Waals surface area contributed by atoms with E-state index < -0.39 is 12.7 Å². The molecule has 3 aliphatic rings. The Bertz CT molecular complexity index is 1550. The molecule has 0 radical (unpaired) electrons. The Morgan fingerprint density at radius 1 is 1.00 bits per heavy atom. The van der Waals surface area contributed by atoms with E-state index in [2.05, 4.69) is 36.2 Å². The molecule has 0 aliphatic carbocycles. The van der Waals surface area contributed by atoms with Crippen LogP contribution in [0.5, 0.6) is 0 Å². The standard InChI is InChI=1S/C31H36FN9O2/c32-11-13-34-31(42)36-23-5-3-22(4-6-23)28-37-29(40-19-25-7-8-26(20-40)43-25)27-17-35-41(30(27)38-28)24-9-14-39(15-10-24)18-21-2-1-12-33-16-21/h1-6,12,16-17,24-26H,7-11,13-15,18-20H2,(H2,34,36,42). The highest BCUT2D eigenvalue weighted by molar-refractivity contribution is 5.90. The molecule has 0 spiro atoms. The predicted molar refractivity (Wildman–Crippen MR) is 162 cm³/mol. The second kappa shape index (κ2) is 12.2. The molecule has 0 saturated carbocycles. The van der Waals surface area contributed by atoms with Crippen molar-refractivity contribution in [2.24, 2.45) is 0 Å². The zero-order valence-corrected chi connectivity index (χ0v) is 24.0. The Balaban J connectivity index is 1.16. The summed E-state index contributed by atoms with van der Waals surface area (Å²) < 4.78 is 20.6. The first-order chi connectivity index (χ1) is 21.1. The van der Waals surface area contributed by atoms with Crippen molar-refractivity contribution in [3.05, 3.63) is 60.6 Å². The van der Waals surface area contributed by atoms with Crippen LogP contribution >= 0.6 is 0 Å². The van der Waals surface area contributed by atoms with Crippen LogP contribution in [0.4, 0.5) is 20.7 Å². The number of likely N-dealkylation sites (tertiary alicyclic amines) is 1. The molecule has 2 N–H and O–H groups in total. The first-order valence-corrected chi connectivity index (χ1v) is 15.1. The molecule has 2 atom stereocenters. The Labute approximate surface area is 249 Å². The van der Waals surface area contributed by atoms with Gasteiger partial charge in [-0.2, -0.15) is 5.10 Å². The van der Waals surface area contributed by atoms with Crippen molar-refractivity contribution in [2.45, 2.75) is 50.5 Å². The fourth-order valence-electron chi connectivity index (χ4n) is 6.45. The van der Waals surface area contributed by atoms with Gasteiger partial charge in [0.15, 0.2) is 11.5 Å². The molecule has 11 nitrogen and oxygen atoms in total. The first-order valence-electron chi connectivity index (χ1n) is 15.1. The van der Waals surface area contributed by atoms with E-state index in [0.717, 1.165) is 80.8 Å². The van der Waals surface area contributed by atoms with Crippen LogP contribution < -0.4 is 15.5 Å². The molecule has 7 rings (SSSR count). The van der Waals surface area contributed by atoms with Gasteiger partial charge in [0, 0.05) is 62.9 Å². The molecule has 3 saturated heterocycles. The number of benzene rings is 1. The Morgan fingerprint density at radius 2 is 1.79 bits per heavy atom. The van der Waals surface area contributed by atoms with Crippen LogP contribution in [0.2, 0.25) is 0 Å². The van der Waals surface area contributed by atoms with Gasteiger partial charge in [0.1, 0.15) is 12.5 Å². The number of aromatic nitrogens is 5. The second-order valence-electron chi connectivity index (χ2n) is 11.6. The number of halogens is 1. The smallest absolute Gasteiger partial charge is 0.319 e. The van der Waals surface area contributed by atoms with E-state index in [1.165, 1.54) is 5.56 Å². The first kappa shape index (κ1) is 27.7. The van der Waals surface area contributed by atoms with E-state index >= 15 is 0 Å². The molecule has 2 unspecified atom stereocenters. The number of carbonyl (C=O) groups is 1. The number of morpholine rings is 1. The maximum atomic E-state index is 12.4. The van der Waals surface area contributed by atoms with Crippen molar-refractivity contribution in [1.82, 2.24) is 34.9 Å². The van der Waals surface area contributed by atoms with E-state index in [9.17, 15) is 9.18 Å². The van der Waals surface area contributed by atoms with Gasteiger partial charge >= 0.3 is 6.03 Å². The summed E-state index contributed by atoms with van der Waals surface area (Å²) in [5.41, 5.74) is 3.52. The Morgan fingerprint density at radius 3 is 2.51 bits per heavy atom. The van der Waals surface area contributed by atoms with Crippen LogP contribution in [-0.2, 0) is 11.3 Å². The summed E-state index contributed by atoms with van der Waals surface area (Å²) in [6.45, 7) is 3.82. The van der Waals surface area contributed by atoms with Crippen LogP contribution in [0.1, 0.15) is 37.3 Å². The van der Waals surface area contributed by atoms with Crippen molar-refractivity contribution in [3.63, 3.8) is 0 Å². The van der Waals surface area contributed by atoms with Gasteiger partial charge in [-0.25, -0.2) is 23.8 Å². The third kappa shape index (κ3) is 6.02. The van der Waals surface area contributed by atoms with Gasteiger partial charge in [-0.1, -0.05) is 6.07 Å². The molecule has 224 valence electrons. The third-order valence-corrected chi connectivity index (χ3v) is 8.59. The molecular formula is C31H36FN9O2. The number of anilines is 2. The number of amides is 2. The van der Waals surface area contributed by atoms with Gasteiger partial charge in [0.2, 0.25) is 0 Å². The lowest BCUT2D eigenvalue weighted by Crippen LogP contribution is -2.43. The summed E-state index contributed by atoms with van der Waals surface area (Å²) in [6, 6.07) is 11.3. The van der Waals surface area contributed by atoms with Crippen LogP contribution in [0.3, 0.4) is 0 Å². The number of carbonyl (C=O) groups excluding carboxylic acids is 1. The van der Waals surface area contributed by atoms with Crippen molar-refractivity contribution in [1.29, 1.82) is 0 Å². The predicted octanol–water partition coefficient (Wildman–Crippen LogP) is 4.18. The van der Waals surface area contributed by atoms with Crippen LogP contribution in [0, 0.1) is 0 Å². The topological polar surface area (TPSA) is 113 Å². The lowest BCUT2D eigenvalue weighted by molar-refractivity contribution is 0.0303. The summed E-state index contributed by atoms with van der Waals surface area (Å²) in [5.74, 6) is 1.51. The fourth-order valence-corrected chi connectivity index (χ4v) is 6.45. The molecule has 3 fully saturated rings. The SMILES string of the molecule is O=C(NCCF)Nc1ccc(-c2nc(N3CC4CCC(C3)O4)c3cnn(C4CCN(Cc5cccnc5)CC4)c3n2)cc1. The summed E-state index contributed by atoms with van der Waals surface area (Å²) in [5, 5.41) is 11.1. The summed E-state index contributed by atoms with van der Waals surface area (Å²) in [6.07, 6.45) is 10.2. The number of rotatable bonds is 8. The van der Waals surface area contributed by atoms with Crippen molar-refractivity contribution in [3.8, 4) is 11.4 Å². The number of hydrogen-bond donors (Lipinski definition) is 2. The number of fused-ring (bicyclic) bond motifs is 3. The molecule has 3 aliphatic heterocycles. The van der Waals surface area contributed by atoms with Crippen LogP contribution in [0.15, 0.2) is 55.0 Å². The number of nitrogens with zero attached hydrogens (tertiary/aromatic N) is 7. The number of alkyl halides is 1. The van der Waals surface area contributed by atoms with Crippen molar-refractivity contribution in [2.75, 3.05) is 49.6 Å². The Kier molecular flexibility index (Phi) is 7.86. The number of hydrogen-bond acceptors (Lipinski definition) is 8. The highest BCUT2D eigenvalue weighted by Crippen LogP contribution is 2.35. The van der Waals surface area contributed by atoms with Crippen molar-refractivity contribution < 1.29 is 13.9 Å². The van der Waals surface area contributed by atoms with E-state index in [-0.39, 0.29) is 24.8 Å². The minimum absolute atomic E-state index is 0.0268. The molecule has 3 aromatic heterocycles. The number of piperidine rings is 1. The molecule has 43 heavy (non-hydrogen) atoms. The third-order valence-electron chi connectivity index (χ3n) is 8.59. The average molecular weight is 586 g/mol. The van der Waals surface area contributed by atoms with Gasteiger partial charge < -0.3 is 20.3 Å². The zero-order valence-electron chi connectivity index (χ0n) is 24.0. The Hall–Kier alpha value is -4.16. The summed E-state index contributed by atoms with van der Waals surface area (Å²) >= 11 is 0. The average Bonchev–Trinajstić information content (AvgIpc) is 3.62. The van der Waals surface area contributed by atoms with Crippen LogP contribution in [0.25, 0.3) is 22.4 Å². The van der Waals surface area contributed by atoms with Gasteiger partial charge in [0.25, 0.3) is 0 Å². The highest BCUT2D eigenvalue weighted by Gasteiger charge is 2.36. The quantitative estimate of drug-likeness (QED) is 0.317.